The Labute approximate surface area is 121 Å². The highest BCUT2D eigenvalue weighted by Gasteiger charge is 2.36. The van der Waals surface area contributed by atoms with E-state index < -0.39 is 0 Å². The molecule has 0 aromatic carbocycles. The molecule has 0 aliphatic heterocycles. The van der Waals surface area contributed by atoms with E-state index in [1.54, 1.807) is 4.88 Å². The molecule has 0 amide bonds. The lowest BCUT2D eigenvalue weighted by Crippen LogP contribution is -2.42. The second-order valence-electron chi connectivity index (χ2n) is 6.17. The van der Waals surface area contributed by atoms with Crippen LogP contribution in [0, 0.1) is 0 Å². The Bertz CT molecular complexity index is 395. The fourth-order valence-electron chi connectivity index (χ4n) is 3.56. The first-order valence-electron chi connectivity index (χ1n) is 8.08. The molecule has 0 unspecified atom stereocenters. The first-order valence-corrected chi connectivity index (χ1v) is 8.90. The standard InChI is InChI=1S/C16H26N2S/c1-2-12-17-16(10-5-3-4-6-11-16)15-18-13-8-7-9-14(13)19-15/h17H,2-12H2,1H3. The van der Waals surface area contributed by atoms with E-state index in [4.69, 9.17) is 4.98 Å². The lowest BCUT2D eigenvalue weighted by atomic mass is 9.90. The molecule has 1 heterocycles. The molecule has 1 aromatic heterocycles. The van der Waals surface area contributed by atoms with E-state index >= 15 is 0 Å². The third kappa shape index (κ3) is 2.73. The molecule has 0 radical (unpaired) electrons. The number of nitrogens with one attached hydrogen (secondary N) is 1. The average molecular weight is 278 g/mol. The highest BCUT2D eigenvalue weighted by molar-refractivity contribution is 7.12. The Kier molecular flexibility index (Phi) is 4.23. The molecule has 2 nitrogen and oxygen atoms in total. The molecule has 1 N–H and O–H groups in total. The maximum atomic E-state index is 5.04. The zero-order valence-electron chi connectivity index (χ0n) is 12.1. The third-order valence-electron chi connectivity index (χ3n) is 4.68. The van der Waals surface area contributed by atoms with Gasteiger partial charge >= 0.3 is 0 Å². The molecule has 2 aliphatic rings. The maximum absolute atomic E-state index is 5.04. The van der Waals surface area contributed by atoms with Gasteiger partial charge in [-0.15, -0.1) is 11.3 Å². The summed E-state index contributed by atoms with van der Waals surface area (Å²) in [7, 11) is 0. The summed E-state index contributed by atoms with van der Waals surface area (Å²) in [6.45, 7) is 3.39. The number of hydrogen-bond donors (Lipinski definition) is 1. The Morgan fingerprint density at radius 1 is 1.11 bits per heavy atom. The number of hydrogen-bond acceptors (Lipinski definition) is 3. The van der Waals surface area contributed by atoms with E-state index in [-0.39, 0.29) is 5.54 Å². The summed E-state index contributed by atoms with van der Waals surface area (Å²) in [5.74, 6) is 0. The van der Waals surface area contributed by atoms with Crippen molar-refractivity contribution in [1.29, 1.82) is 0 Å². The summed E-state index contributed by atoms with van der Waals surface area (Å²) >= 11 is 2.01. The second kappa shape index (κ2) is 5.92. The Balaban J connectivity index is 1.87. The van der Waals surface area contributed by atoms with Crippen molar-refractivity contribution in [3.05, 3.63) is 15.6 Å². The van der Waals surface area contributed by atoms with Crippen LogP contribution in [-0.2, 0) is 18.4 Å². The summed E-state index contributed by atoms with van der Waals surface area (Å²) in [6.07, 6.45) is 13.1. The number of rotatable bonds is 4. The van der Waals surface area contributed by atoms with Crippen LogP contribution in [0.1, 0.15) is 73.9 Å². The van der Waals surface area contributed by atoms with Crippen molar-refractivity contribution in [3.63, 3.8) is 0 Å². The van der Waals surface area contributed by atoms with Crippen LogP contribution in [0.25, 0.3) is 0 Å². The van der Waals surface area contributed by atoms with E-state index in [9.17, 15) is 0 Å². The third-order valence-corrected chi connectivity index (χ3v) is 6.04. The molecule has 0 bridgehead atoms. The lowest BCUT2D eigenvalue weighted by Gasteiger charge is -2.32. The minimum absolute atomic E-state index is 0.210. The van der Waals surface area contributed by atoms with Crippen LogP contribution in [0.3, 0.4) is 0 Å². The molecule has 0 saturated heterocycles. The minimum Gasteiger partial charge on any atom is -0.305 e. The predicted octanol–water partition coefficient (Wildman–Crippen LogP) is 4.18. The quantitative estimate of drug-likeness (QED) is 0.836. The fourth-order valence-corrected chi connectivity index (χ4v) is 4.93. The largest absolute Gasteiger partial charge is 0.305 e. The molecule has 1 fully saturated rings. The van der Waals surface area contributed by atoms with Crippen molar-refractivity contribution in [2.75, 3.05) is 6.54 Å². The van der Waals surface area contributed by atoms with Crippen LogP contribution < -0.4 is 5.32 Å². The van der Waals surface area contributed by atoms with E-state index in [1.807, 2.05) is 11.3 Å². The predicted molar refractivity (Wildman–Crippen MR) is 81.8 cm³/mol. The van der Waals surface area contributed by atoms with Gasteiger partial charge in [0, 0.05) is 4.88 Å². The summed E-state index contributed by atoms with van der Waals surface area (Å²) in [4.78, 5) is 6.62. The Morgan fingerprint density at radius 2 is 1.89 bits per heavy atom. The van der Waals surface area contributed by atoms with E-state index in [2.05, 4.69) is 12.2 Å². The topological polar surface area (TPSA) is 24.9 Å². The normalized spacial score (nSPS) is 22.2. The van der Waals surface area contributed by atoms with Crippen LogP contribution in [0.15, 0.2) is 0 Å². The highest BCUT2D eigenvalue weighted by atomic mass is 32.1. The van der Waals surface area contributed by atoms with Crippen molar-refractivity contribution >= 4 is 11.3 Å². The van der Waals surface area contributed by atoms with Crippen molar-refractivity contribution < 1.29 is 0 Å². The molecular formula is C16H26N2S. The molecule has 19 heavy (non-hydrogen) atoms. The number of aromatic nitrogens is 1. The van der Waals surface area contributed by atoms with Gasteiger partial charge in [-0.05, 0) is 45.1 Å². The van der Waals surface area contributed by atoms with Gasteiger partial charge in [-0.3, -0.25) is 0 Å². The number of thiazole rings is 1. The molecule has 3 heteroatoms. The second-order valence-corrected chi connectivity index (χ2v) is 7.25. The van der Waals surface area contributed by atoms with Crippen LogP contribution in [-0.4, -0.2) is 11.5 Å². The Morgan fingerprint density at radius 3 is 2.58 bits per heavy atom. The van der Waals surface area contributed by atoms with Gasteiger partial charge in [-0.2, -0.15) is 0 Å². The van der Waals surface area contributed by atoms with E-state index in [0.29, 0.717) is 0 Å². The van der Waals surface area contributed by atoms with Gasteiger partial charge in [0.15, 0.2) is 0 Å². The lowest BCUT2D eigenvalue weighted by molar-refractivity contribution is 0.289. The SMILES string of the molecule is CCCNC1(c2nc3c(s2)CCC3)CCCCCC1. The maximum Gasteiger partial charge on any atom is 0.113 e. The van der Waals surface area contributed by atoms with Crippen molar-refractivity contribution in [1.82, 2.24) is 10.3 Å². The summed E-state index contributed by atoms with van der Waals surface area (Å²) < 4.78 is 0. The fraction of sp³-hybridized carbons (Fsp3) is 0.812. The number of aryl methyl sites for hydroxylation is 2. The number of fused-ring (bicyclic) bond motifs is 1. The molecule has 2 aliphatic carbocycles. The van der Waals surface area contributed by atoms with Gasteiger partial charge in [0.1, 0.15) is 5.01 Å². The van der Waals surface area contributed by atoms with Gasteiger partial charge < -0.3 is 5.32 Å². The summed E-state index contributed by atoms with van der Waals surface area (Å²) in [5.41, 5.74) is 1.63. The van der Waals surface area contributed by atoms with Gasteiger partial charge in [0.2, 0.25) is 0 Å². The smallest absolute Gasteiger partial charge is 0.113 e. The van der Waals surface area contributed by atoms with E-state index in [1.165, 1.54) is 74.9 Å². The molecule has 106 valence electrons. The summed E-state index contributed by atoms with van der Waals surface area (Å²) in [6, 6.07) is 0. The first kappa shape index (κ1) is 13.6. The zero-order valence-corrected chi connectivity index (χ0v) is 13.0. The average Bonchev–Trinajstić information content (AvgIpc) is 2.92. The molecule has 0 atom stereocenters. The van der Waals surface area contributed by atoms with Gasteiger partial charge in [-0.25, -0.2) is 4.98 Å². The Hall–Kier alpha value is -0.410. The van der Waals surface area contributed by atoms with Crippen molar-refractivity contribution in [3.8, 4) is 0 Å². The van der Waals surface area contributed by atoms with E-state index in [0.717, 1.165) is 6.54 Å². The highest BCUT2D eigenvalue weighted by Crippen LogP contribution is 2.40. The van der Waals surface area contributed by atoms with Gasteiger partial charge in [-0.1, -0.05) is 32.6 Å². The molecule has 3 rings (SSSR count). The van der Waals surface area contributed by atoms with Crippen LogP contribution in [0.4, 0.5) is 0 Å². The summed E-state index contributed by atoms with van der Waals surface area (Å²) in [5, 5.41) is 5.29. The van der Waals surface area contributed by atoms with Crippen LogP contribution >= 0.6 is 11.3 Å². The minimum atomic E-state index is 0.210. The van der Waals surface area contributed by atoms with Crippen molar-refractivity contribution in [2.45, 2.75) is 76.7 Å². The van der Waals surface area contributed by atoms with Gasteiger partial charge in [0.25, 0.3) is 0 Å². The first-order chi connectivity index (χ1) is 9.34. The van der Waals surface area contributed by atoms with Crippen LogP contribution in [0.5, 0.6) is 0 Å². The van der Waals surface area contributed by atoms with Gasteiger partial charge in [0.05, 0.1) is 11.2 Å². The monoisotopic (exact) mass is 278 g/mol. The number of nitrogens with zero attached hydrogens (tertiary/aromatic N) is 1. The van der Waals surface area contributed by atoms with Crippen LogP contribution in [0.2, 0.25) is 0 Å². The molecule has 1 aromatic rings. The zero-order chi connectivity index (χ0) is 13.1. The van der Waals surface area contributed by atoms with Crippen molar-refractivity contribution in [2.24, 2.45) is 0 Å². The molecule has 0 spiro atoms. The molecule has 1 saturated carbocycles. The molecular weight excluding hydrogens is 252 g/mol.